The number of hydrogen-bond donors (Lipinski definition) is 1. The lowest BCUT2D eigenvalue weighted by atomic mass is 10.2. The van der Waals surface area contributed by atoms with Crippen LogP contribution in [0.2, 0.25) is 0 Å². The fourth-order valence-electron chi connectivity index (χ4n) is 2.70. The van der Waals surface area contributed by atoms with Gasteiger partial charge in [-0.3, -0.25) is 9.52 Å². The number of rotatable bonds is 3. The number of amides is 1. The molecule has 2 heterocycles. The van der Waals surface area contributed by atoms with Crippen LogP contribution in [0, 0.1) is 0 Å². The second-order valence-corrected chi connectivity index (χ2v) is 7.91. The Morgan fingerprint density at radius 2 is 2.00 bits per heavy atom. The molecule has 2 aromatic rings. The molecule has 0 saturated heterocycles. The van der Waals surface area contributed by atoms with E-state index in [1.165, 1.54) is 30.0 Å². The number of carbonyl (C=O) groups excluding carboxylic acids is 1. The largest absolute Gasteiger partial charge is 0.487 e. The Morgan fingerprint density at radius 1 is 1.29 bits per heavy atom. The normalized spacial score (nSPS) is 16.9. The summed E-state index contributed by atoms with van der Waals surface area (Å²) >= 11 is 0. The van der Waals surface area contributed by atoms with E-state index in [4.69, 9.17) is 4.74 Å². The van der Waals surface area contributed by atoms with Crippen molar-refractivity contribution in [2.24, 2.45) is 0 Å². The summed E-state index contributed by atoms with van der Waals surface area (Å²) < 4.78 is 70.7. The van der Waals surface area contributed by atoms with E-state index in [2.05, 4.69) is 9.71 Å². The van der Waals surface area contributed by atoms with Gasteiger partial charge in [0.25, 0.3) is 10.0 Å². The smallest absolute Gasteiger partial charge is 0.417 e. The molecule has 0 spiro atoms. The van der Waals surface area contributed by atoms with Crippen LogP contribution in [0.15, 0.2) is 41.4 Å². The first-order valence-electron chi connectivity index (χ1n) is 8.12. The Labute approximate surface area is 159 Å². The SMILES string of the molecule is CC(=O)N1CC(C)Oc2ccc(S(=O)(=O)Nc3ccc(C(F)(F)F)cn3)cc21. The van der Waals surface area contributed by atoms with Crippen LogP contribution in [-0.2, 0) is 21.0 Å². The van der Waals surface area contributed by atoms with Crippen molar-refractivity contribution in [1.82, 2.24) is 4.98 Å². The van der Waals surface area contributed by atoms with Crippen LogP contribution in [0.4, 0.5) is 24.7 Å². The molecule has 28 heavy (non-hydrogen) atoms. The summed E-state index contributed by atoms with van der Waals surface area (Å²) in [6.45, 7) is 3.40. The van der Waals surface area contributed by atoms with Gasteiger partial charge >= 0.3 is 6.18 Å². The third-order valence-corrected chi connectivity index (χ3v) is 5.36. The average molecular weight is 415 g/mol. The van der Waals surface area contributed by atoms with Gasteiger partial charge < -0.3 is 9.64 Å². The fourth-order valence-corrected chi connectivity index (χ4v) is 3.73. The molecule has 1 aromatic heterocycles. The van der Waals surface area contributed by atoms with E-state index in [9.17, 15) is 26.4 Å². The summed E-state index contributed by atoms with van der Waals surface area (Å²) in [4.78, 5) is 16.6. The van der Waals surface area contributed by atoms with E-state index in [-0.39, 0.29) is 29.3 Å². The highest BCUT2D eigenvalue weighted by Gasteiger charge is 2.31. The van der Waals surface area contributed by atoms with Gasteiger partial charge in [-0.2, -0.15) is 13.2 Å². The van der Waals surface area contributed by atoms with Crippen molar-refractivity contribution in [1.29, 1.82) is 0 Å². The van der Waals surface area contributed by atoms with E-state index in [0.29, 0.717) is 17.6 Å². The van der Waals surface area contributed by atoms with Crippen molar-refractivity contribution in [2.75, 3.05) is 16.2 Å². The minimum absolute atomic E-state index is 0.183. The molecule has 3 rings (SSSR count). The van der Waals surface area contributed by atoms with Gasteiger partial charge in [-0.15, -0.1) is 0 Å². The predicted molar refractivity (Wildman–Crippen MR) is 94.6 cm³/mol. The molecule has 0 fully saturated rings. The molecule has 0 radical (unpaired) electrons. The minimum Gasteiger partial charge on any atom is -0.487 e. The molecule has 150 valence electrons. The number of nitrogens with zero attached hydrogens (tertiary/aromatic N) is 2. The number of hydrogen-bond acceptors (Lipinski definition) is 5. The van der Waals surface area contributed by atoms with Gasteiger partial charge in [-0.05, 0) is 37.3 Å². The molecule has 1 N–H and O–H groups in total. The summed E-state index contributed by atoms with van der Waals surface area (Å²) in [6.07, 6.45) is -4.29. The zero-order valence-electron chi connectivity index (χ0n) is 14.8. The number of sulfonamides is 1. The summed E-state index contributed by atoms with van der Waals surface area (Å²) in [7, 11) is -4.15. The first-order chi connectivity index (χ1) is 13.0. The lowest BCUT2D eigenvalue weighted by Gasteiger charge is -2.33. The third kappa shape index (κ3) is 4.03. The van der Waals surface area contributed by atoms with Crippen molar-refractivity contribution >= 4 is 27.4 Å². The quantitative estimate of drug-likeness (QED) is 0.833. The summed E-state index contributed by atoms with van der Waals surface area (Å²) in [5.41, 5.74) is -0.693. The fraction of sp³-hybridized carbons (Fsp3) is 0.294. The highest BCUT2D eigenvalue weighted by molar-refractivity contribution is 7.92. The van der Waals surface area contributed by atoms with Crippen LogP contribution in [0.25, 0.3) is 0 Å². The average Bonchev–Trinajstić information content (AvgIpc) is 2.59. The molecular formula is C17H16F3N3O4S. The number of carbonyl (C=O) groups is 1. The molecular weight excluding hydrogens is 399 g/mol. The summed E-state index contributed by atoms with van der Waals surface area (Å²) in [5.74, 6) is -0.178. The maximum atomic E-state index is 12.6. The van der Waals surface area contributed by atoms with E-state index in [0.717, 1.165) is 12.1 Å². The van der Waals surface area contributed by atoms with Crippen LogP contribution in [-0.4, -0.2) is 32.0 Å². The Hall–Kier alpha value is -2.82. The van der Waals surface area contributed by atoms with Crippen molar-refractivity contribution in [3.8, 4) is 5.75 Å². The van der Waals surface area contributed by atoms with Gasteiger partial charge in [0.05, 0.1) is 22.7 Å². The van der Waals surface area contributed by atoms with E-state index >= 15 is 0 Å². The highest BCUT2D eigenvalue weighted by Crippen LogP contribution is 2.36. The van der Waals surface area contributed by atoms with Gasteiger partial charge in [0.1, 0.15) is 17.7 Å². The molecule has 1 aromatic carbocycles. The molecule has 1 amide bonds. The van der Waals surface area contributed by atoms with Crippen molar-refractivity contribution in [3.63, 3.8) is 0 Å². The summed E-state index contributed by atoms with van der Waals surface area (Å²) in [5, 5.41) is 0. The van der Waals surface area contributed by atoms with Crippen LogP contribution >= 0.6 is 0 Å². The maximum Gasteiger partial charge on any atom is 0.417 e. The molecule has 0 aliphatic carbocycles. The number of nitrogens with one attached hydrogen (secondary N) is 1. The molecule has 0 bridgehead atoms. The number of aromatic nitrogens is 1. The lowest BCUT2D eigenvalue weighted by Crippen LogP contribution is -2.41. The molecule has 0 saturated carbocycles. The molecule has 1 atom stereocenters. The van der Waals surface area contributed by atoms with Crippen LogP contribution in [0.1, 0.15) is 19.4 Å². The second kappa shape index (κ2) is 6.97. The zero-order chi connectivity index (χ0) is 20.7. The standard InChI is InChI=1S/C17H16F3N3O4S/c1-10-9-23(11(2)24)14-7-13(4-5-15(14)27-10)28(25,26)22-16-6-3-12(8-21-16)17(18,19)20/h3-8,10H,9H2,1-2H3,(H,21,22). The molecule has 1 aliphatic rings. The molecule has 1 unspecified atom stereocenters. The Balaban J connectivity index is 1.90. The number of halogens is 3. The zero-order valence-corrected chi connectivity index (χ0v) is 15.6. The van der Waals surface area contributed by atoms with E-state index < -0.39 is 21.8 Å². The van der Waals surface area contributed by atoms with Gasteiger partial charge in [-0.25, -0.2) is 13.4 Å². The van der Waals surface area contributed by atoms with Crippen molar-refractivity contribution in [3.05, 3.63) is 42.1 Å². The summed E-state index contributed by atoms with van der Waals surface area (Å²) in [6, 6.07) is 5.63. The Morgan fingerprint density at radius 3 is 2.57 bits per heavy atom. The van der Waals surface area contributed by atoms with Gasteiger partial charge in [-0.1, -0.05) is 0 Å². The molecule has 7 nitrogen and oxygen atoms in total. The molecule has 1 aliphatic heterocycles. The number of pyridine rings is 1. The second-order valence-electron chi connectivity index (χ2n) is 6.22. The number of ether oxygens (including phenoxy) is 1. The topological polar surface area (TPSA) is 88.6 Å². The van der Waals surface area contributed by atoms with Gasteiger partial charge in [0.2, 0.25) is 5.91 Å². The van der Waals surface area contributed by atoms with E-state index in [1.807, 2.05) is 0 Å². The minimum atomic E-state index is -4.57. The van der Waals surface area contributed by atoms with Crippen LogP contribution in [0.5, 0.6) is 5.75 Å². The van der Waals surface area contributed by atoms with Crippen LogP contribution < -0.4 is 14.4 Å². The van der Waals surface area contributed by atoms with Crippen molar-refractivity contribution < 1.29 is 31.1 Å². The van der Waals surface area contributed by atoms with Gasteiger partial charge in [0.15, 0.2) is 0 Å². The maximum absolute atomic E-state index is 12.6. The monoisotopic (exact) mass is 415 g/mol. The van der Waals surface area contributed by atoms with Gasteiger partial charge in [0, 0.05) is 13.1 Å². The van der Waals surface area contributed by atoms with E-state index in [1.54, 1.807) is 6.92 Å². The number of anilines is 2. The highest BCUT2D eigenvalue weighted by atomic mass is 32.2. The number of fused-ring (bicyclic) bond motifs is 1. The Kier molecular flexibility index (Phi) is 4.96. The molecule has 11 heteroatoms. The predicted octanol–water partition coefficient (Wildman–Crippen LogP) is 3.04. The van der Waals surface area contributed by atoms with Crippen molar-refractivity contribution in [2.45, 2.75) is 31.0 Å². The number of alkyl halides is 3. The third-order valence-electron chi connectivity index (χ3n) is 4.01. The number of benzene rings is 1. The lowest BCUT2D eigenvalue weighted by molar-refractivity contribution is -0.137. The van der Waals surface area contributed by atoms with Crippen LogP contribution in [0.3, 0.4) is 0 Å². The first kappa shape index (κ1) is 19.9. The first-order valence-corrected chi connectivity index (χ1v) is 9.60. The Bertz CT molecular complexity index is 1010.